The summed E-state index contributed by atoms with van der Waals surface area (Å²) in [6.45, 7) is -0.409. The van der Waals surface area contributed by atoms with E-state index in [9.17, 15) is 39.4 Å². The number of thioether (sulfide) groups is 1. The average Bonchev–Trinajstić information content (AvgIpc) is 3.41. The van der Waals surface area contributed by atoms with Crippen molar-refractivity contribution in [3.05, 3.63) is 80.6 Å². The van der Waals surface area contributed by atoms with Crippen LogP contribution in [-0.4, -0.2) is 71.5 Å². The lowest BCUT2D eigenvalue weighted by atomic mass is 10.0. The van der Waals surface area contributed by atoms with Gasteiger partial charge >= 0.3 is 0 Å². The van der Waals surface area contributed by atoms with Gasteiger partial charge in [0, 0.05) is 34.9 Å². The molecule has 1 fully saturated rings. The quantitative estimate of drug-likeness (QED) is 0.0495. The van der Waals surface area contributed by atoms with Crippen molar-refractivity contribution in [1.29, 1.82) is 0 Å². The number of carbonyl (C=O) groups is 4. The molecule has 0 saturated carbocycles. The predicted octanol–water partition coefficient (Wildman–Crippen LogP) is -2.76. The second-order valence-electron chi connectivity index (χ2n) is 9.37. The van der Waals surface area contributed by atoms with Gasteiger partial charge in [0.15, 0.2) is 42.1 Å². The van der Waals surface area contributed by atoms with E-state index >= 15 is 0 Å². The van der Waals surface area contributed by atoms with Gasteiger partial charge < -0.3 is 41.8 Å². The number of hydrogen-bond acceptors (Lipinski definition) is 14. The van der Waals surface area contributed by atoms with E-state index < -0.39 is 52.9 Å². The molecule has 7 N–H and O–H groups in total. The van der Waals surface area contributed by atoms with Gasteiger partial charge in [-0.25, -0.2) is 9.55 Å². The SMILES string of the molecule is NC(=O)c1cc[n+](CC2=C(C(=O)[O-])N3C(=O)[C@H](NC(=O)/C(=N/OCc4cc(=O)c(O)cn4O)c4csc(N)n4)[C@@H]3SC2)cc1. The topological polar surface area (TPSA) is 259 Å². The van der Waals surface area contributed by atoms with Crippen LogP contribution in [0.3, 0.4) is 0 Å². The van der Waals surface area contributed by atoms with Gasteiger partial charge in [-0.15, -0.1) is 23.1 Å². The summed E-state index contributed by atoms with van der Waals surface area (Å²) in [6.07, 6.45) is 3.86. The first-order valence-corrected chi connectivity index (χ1v) is 14.4. The fourth-order valence-electron chi connectivity index (χ4n) is 4.38. The zero-order chi connectivity index (χ0) is 31.7. The molecule has 3 aromatic heterocycles. The Morgan fingerprint density at radius 3 is 2.64 bits per heavy atom. The number of rotatable bonds is 10. The number of fused-ring (bicyclic) bond motifs is 1. The fourth-order valence-corrected chi connectivity index (χ4v) is 6.26. The number of carbonyl (C=O) groups excluding carboxylic acids is 4. The van der Waals surface area contributed by atoms with Crippen molar-refractivity contribution >= 4 is 57.6 Å². The van der Waals surface area contributed by atoms with E-state index in [0.717, 1.165) is 28.5 Å². The van der Waals surface area contributed by atoms with Gasteiger partial charge in [-0.3, -0.25) is 24.1 Å². The largest absolute Gasteiger partial charge is 0.543 e. The molecule has 44 heavy (non-hydrogen) atoms. The third-order valence-corrected chi connectivity index (χ3v) is 8.53. The standard InChI is InChI=1S/C25H22N8O9S2/c26-20(36)11-1-3-31(4-2-11)6-12-9-43-23-18(22(38)33(23)19(12)24(39)40)29-21(37)17(14-10-44-25(27)28-14)30-42-8-13-5-15(34)16(35)7-32(13)41/h1-5,7,10,18,23,41H,6,8-9H2,(H6-,26,27,28,29,35,36,37,39,40)/b30-17+/t18-,23-/m0/s1. The van der Waals surface area contributed by atoms with Gasteiger partial charge in [0.25, 0.3) is 11.8 Å². The zero-order valence-corrected chi connectivity index (χ0v) is 23.9. The smallest absolute Gasteiger partial charge is 0.276 e. The summed E-state index contributed by atoms with van der Waals surface area (Å²) in [5, 5.41) is 38.5. The van der Waals surface area contributed by atoms with Crippen molar-refractivity contribution in [2.75, 3.05) is 11.5 Å². The number of nitrogens with zero attached hydrogens (tertiary/aromatic N) is 5. The van der Waals surface area contributed by atoms with Crippen molar-refractivity contribution in [3.63, 3.8) is 0 Å². The molecule has 0 spiro atoms. The molecular formula is C25H22N8O9S2. The molecule has 0 unspecified atom stereocenters. The minimum Gasteiger partial charge on any atom is -0.543 e. The van der Waals surface area contributed by atoms with Crippen molar-refractivity contribution in [3.8, 4) is 5.75 Å². The molecule has 5 rings (SSSR count). The Morgan fingerprint density at radius 1 is 1.27 bits per heavy atom. The molecule has 2 aliphatic rings. The predicted molar refractivity (Wildman–Crippen MR) is 150 cm³/mol. The van der Waals surface area contributed by atoms with E-state index in [0.29, 0.717) is 10.3 Å². The third-order valence-electron chi connectivity index (χ3n) is 6.51. The summed E-state index contributed by atoms with van der Waals surface area (Å²) < 4.78 is 2.06. The number of β-lactam (4-membered cyclic amide) rings is 1. The summed E-state index contributed by atoms with van der Waals surface area (Å²) in [5.74, 6) is -4.28. The highest BCUT2D eigenvalue weighted by Gasteiger charge is 2.53. The maximum Gasteiger partial charge on any atom is 0.276 e. The summed E-state index contributed by atoms with van der Waals surface area (Å²) in [5.41, 5.74) is 10.0. The minimum absolute atomic E-state index is 0.00834. The molecule has 2 aliphatic heterocycles. The van der Waals surface area contributed by atoms with Gasteiger partial charge in [0.2, 0.25) is 11.3 Å². The minimum atomic E-state index is -1.57. The average molecular weight is 643 g/mol. The molecule has 0 radical (unpaired) electrons. The maximum absolute atomic E-state index is 13.3. The Bertz CT molecular complexity index is 1800. The summed E-state index contributed by atoms with van der Waals surface area (Å²) in [4.78, 5) is 71.8. The number of anilines is 1. The molecule has 19 heteroatoms. The third kappa shape index (κ3) is 5.90. The summed E-state index contributed by atoms with van der Waals surface area (Å²) >= 11 is 2.23. The first kappa shape index (κ1) is 30.0. The number of thiazole rings is 1. The second-order valence-corrected chi connectivity index (χ2v) is 11.4. The van der Waals surface area contributed by atoms with Crippen LogP contribution in [-0.2, 0) is 32.4 Å². The van der Waals surface area contributed by atoms with Crippen molar-refractivity contribution in [2.45, 2.75) is 24.6 Å². The number of aliphatic carboxylic acids is 1. The van der Waals surface area contributed by atoms with E-state index in [4.69, 9.17) is 16.3 Å². The van der Waals surface area contributed by atoms with Crippen molar-refractivity contribution in [2.24, 2.45) is 10.9 Å². The van der Waals surface area contributed by atoms with Crippen LogP contribution in [0.5, 0.6) is 5.75 Å². The fraction of sp³-hybridized carbons (Fsp3) is 0.200. The molecule has 0 aromatic carbocycles. The molecular weight excluding hydrogens is 620 g/mol. The number of amides is 3. The molecule has 228 valence electrons. The molecule has 3 aromatic rings. The van der Waals surface area contributed by atoms with Crippen LogP contribution >= 0.6 is 23.1 Å². The molecule has 0 bridgehead atoms. The van der Waals surface area contributed by atoms with Crippen molar-refractivity contribution in [1.82, 2.24) is 19.9 Å². The second kappa shape index (κ2) is 12.1. The molecule has 17 nitrogen and oxygen atoms in total. The van der Waals surface area contributed by atoms with Crippen LogP contribution in [0.2, 0.25) is 0 Å². The number of aromatic nitrogens is 3. The molecule has 5 heterocycles. The number of nitrogen functional groups attached to an aromatic ring is 1. The molecule has 1 saturated heterocycles. The Balaban J connectivity index is 1.33. The van der Waals surface area contributed by atoms with E-state index in [-0.39, 0.29) is 45.8 Å². The summed E-state index contributed by atoms with van der Waals surface area (Å²) in [7, 11) is 0. The molecule has 0 aliphatic carbocycles. The van der Waals surface area contributed by atoms with Gasteiger partial charge in [-0.2, -0.15) is 4.73 Å². The molecule has 3 amide bonds. The summed E-state index contributed by atoms with van der Waals surface area (Å²) in [6, 6.07) is 2.73. The highest BCUT2D eigenvalue weighted by atomic mass is 32.2. The number of aromatic hydroxyl groups is 1. The van der Waals surface area contributed by atoms with E-state index in [2.05, 4.69) is 15.5 Å². The normalized spacial score (nSPS) is 18.0. The number of nitrogens with two attached hydrogens (primary N) is 2. The number of hydrogen-bond donors (Lipinski definition) is 5. The van der Waals surface area contributed by atoms with Crippen molar-refractivity contribution < 1.29 is 44.0 Å². The van der Waals surface area contributed by atoms with Crippen LogP contribution in [0, 0.1) is 0 Å². The Labute approximate surface area is 254 Å². The van der Waals surface area contributed by atoms with Gasteiger partial charge in [-0.1, -0.05) is 5.16 Å². The zero-order valence-electron chi connectivity index (χ0n) is 22.3. The van der Waals surface area contributed by atoms with Crippen LogP contribution in [0.1, 0.15) is 21.7 Å². The number of oxime groups is 1. The van der Waals surface area contributed by atoms with Crippen LogP contribution in [0.15, 0.2) is 63.4 Å². The first-order chi connectivity index (χ1) is 20.9. The number of pyridine rings is 2. The highest BCUT2D eigenvalue weighted by molar-refractivity contribution is 8.00. The van der Waals surface area contributed by atoms with E-state index in [1.165, 1.54) is 29.3 Å². The highest BCUT2D eigenvalue weighted by Crippen LogP contribution is 2.40. The number of primary amides is 1. The number of nitrogens with one attached hydrogen (secondary N) is 1. The Morgan fingerprint density at radius 2 is 2.00 bits per heavy atom. The van der Waals surface area contributed by atoms with Gasteiger partial charge in [0.05, 0.1) is 23.4 Å². The van der Waals surface area contributed by atoms with Crippen LogP contribution in [0.4, 0.5) is 5.13 Å². The lowest BCUT2D eigenvalue weighted by Crippen LogP contribution is -2.71. The first-order valence-electron chi connectivity index (χ1n) is 12.5. The monoisotopic (exact) mass is 642 g/mol. The van der Waals surface area contributed by atoms with Gasteiger partial charge in [0.1, 0.15) is 22.8 Å². The Hall–Kier alpha value is -5.43. The van der Waals surface area contributed by atoms with E-state index in [1.54, 1.807) is 17.0 Å². The maximum atomic E-state index is 13.3. The number of carboxylic acid groups (broad SMARTS) is 1. The van der Waals surface area contributed by atoms with Gasteiger partial charge in [-0.05, 0) is 0 Å². The number of carboxylic acids is 1. The van der Waals surface area contributed by atoms with Crippen LogP contribution < -0.4 is 31.9 Å². The lowest BCUT2D eigenvalue weighted by molar-refractivity contribution is -0.689. The Kier molecular flexibility index (Phi) is 8.23. The molecule has 2 atom stereocenters. The van der Waals surface area contributed by atoms with Crippen LogP contribution in [0.25, 0.3) is 0 Å². The van der Waals surface area contributed by atoms with E-state index in [1.807, 2.05) is 0 Å². The lowest BCUT2D eigenvalue weighted by Gasteiger charge is -2.50.